The van der Waals surface area contributed by atoms with Gasteiger partial charge < -0.3 is 30.0 Å². The van der Waals surface area contributed by atoms with Gasteiger partial charge in [-0.2, -0.15) is 0 Å². The standard InChI is InChI=1S/C22H29N7O5/c1-4-24-20(30)16-15-17(34-22(2,3)33-15)21(32-16)29-12-25-14-18(23)26-13(27-19(14)29)6-5-7-28-8-10-31-11-9-28/h12,15-17,21H,4,7-11H2,1-3H3,(H,24,30)(H2,23,26,27)/t15-,16+,17-,21-/m1/s1. The van der Waals surface area contributed by atoms with Gasteiger partial charge in [-0.15, -0.1) is 0 Å². The van der Waals surface area contributed by atoms with E-state index in [-0.39, 0.29) is 11.7 Å². The number of ether oxygens (including phenoxy) is 4. The third kappa shape index (κ3) is 4.33. The number of rotatable bonds is 4. The average molecular weight is 472 g/mol. The van der Waals surface area contributed by atoms with E-state index in [2.05, 4.69) is 37.0 Å². The Hall–Kier alpha value is -2.82. The fourth-order valence-corrected chi connectivity index (χ4v) is 4.46. The number of amides is 1. The molecule has 0 saturated carbocycles. The highest BCUT2D eigenvalue weighted by Gasteiger charge is 2.58. The van der Waals surface area contributed by atoms with Crippen LogP contribution in [0.1, 0.15) is 32.8 Å². The van der Waals surface area contributed by atoms with Crippen LogP contribution in [0, 0.1) is 11.8 Å². The summed E-state index contributed by atoms with van der Waals surface area (Å²) in [7, 11) is 0. The summed E-state index contributed by atoms with van der Waals surface area (Å²) in [6.07, 6.45) is -1.06. The fourth-order valence-electron chi connectivity index (χ4n) is 4.46. The average Bonchev–Trinajstić information content (AvgIpc) is 3.45. The highest BCUT2D eigenvalue weighted by atomic mass is 16.8. The van der Waals surface area contributed by atoms with E-state index in [1.807, 2.05) is 20.8 Å². The quantitative estimate of drug-likeness (QED) is 0.569. The van der Waals surface area contributed by atoms with Crippen LogP contribution in [-0.2, 0) is 23.7 Å². The molecule has 182 valence electrons. The SMILES string of the molecule is CCNC(=O)[C@H]1O[C@@H](n2cnc3c(N)nc(C#CCN4CCOCC4)nc32)[C@@H]2OC(C)(C)O[C@@H]21. The Kier molecular flexibility index (Phi) is 6.13. The van der Waals surface area contributed by atoms with Crippen LogP contribution < -0.4 is 11.1 Å². The summed E-state index contributed by atoms with van der Waals surface area (Å²) >= 11 is 0. The summed E-state index contributed by atoms with van der Waals surface area (Å²) in [6, 6.07) is 0. The van der Waals surface area contributed by atoms with Crippen molar-refractivity contribution in [3.05, 3.63) is 12.2 Å². The molecule has 5 heterocycles. The molecule has 0 aliphatic carbocycles. The Morgan fingerprint density at radius 3 is 2.79 bits per heavy atom. The number of carbonyl (C=O) groups excluding carboxylic acids is 1. The highest BCUT2D eigenvalue weighted by Crippen LogP contribution is 2.43. The predicted octanol–water partition coefficient (Wildman–Crippen LogP) is -0.354. The molecule has 12 heteroatoms. The minimum absolute atomic E-state index is 0.221. The first-order valence-corrected chi connectivity index (χ1v) is 11.4. The lowest BCUT2D eigenvalue weighted by Crippen LogP contribution is -2.42. The first-order valence-electron chi connectivity index (χ1n) is 11.4. The van der Waals surface area contributed by atoms with Crippen LogP contribution >= 0.6 is 0 Å². The van der Waals surface area contributed by atoms with Gasteiger partial charge in [0, 0.05) is 19.6 Å². The third-order valence-corrected chi connectivity index (χ3v) is 5.97. The maximum atomic E-state index is 12.7. The summed E-state index contributed by atoms with van der Waals surface area (Å²) < 4.78 is 25.3. The van der Waals surface area contributed by atoms with E-state index < -0.39 is 30.3 Å². The molecule has 3 saturated heterocycles. The number of likely N-dealkylation sites (N-methyl/N-ethyl adjacent to an activating group) is 1. The Morgan fingerprint density at radius 1 is 1.26 bits per heavy atom. The first kappa shape index (κ1) is 22.9. The van der Waals surface area contributed by atoms with Crippen LogP contribution in [0.2, 0.25) is 0 Å². The van der Waals surface area contributed by atoms with Crippen molar-refractivity contribution in [3.8, 4) is 11.8 Å². The summed E-state index contributed by atoms with van der Waals surface area (Å²) in [5.41, 5.74) is 7.05. The van der Waals surface area contributed by atoms with Gasteiger partial charge in [-0.3, -0.25) is 14.3 Å². The Morgan fingerprint density at radius 2 is 2.03 bits per heavy atom. The third-order valence-electron chi connectivity index (χ3n) is 5.97. The number of carbonyl (C=O) groups is 1. The topological polar surface area (TPSA) is 139 Å². The number of morpholine rings is 1. The molecule has 3 aliphatic heterocycles. The second kappa shape index (κ2) is 9.09. The lowest BCUT2D eigenvalue weighted by Gasteiger charge is -2.24. The van der Waals surface area contributed by atoms with Gasteiger partial charge in [0.1, 0.15) is 17.7 Å². The number of nitrogens with zero attached hydrogens (tertiary/aromatic N) is 5. The molecule has 4 atom stereocenters. The molecular formula is C22H29N7O5. The van der Waals surface area contributed by atoms with E-state index in [1.165, 1.54) is 0 Å². The largest absolute Gasteiger partial charge is 0.382 e. The number of nitrogens with two attached hydrogens (primary N) is 1. The maximum Gasteiger partial charge on any atom is 0.252 e. The zero-order valence-electron chi connectivity index (χ0n) is 19.5. The predicted molar refractivity (Wildman–Crippen MR) is 120 cm³/mol. The van der Waals surface area contributed by atoms with Gasteiger partial charge in [-0.1, -0.05) is 5.92 Å². The van der Waals surface area contributed by atoms with Crippen LogP contribution in [0.5, 0.6) is 0 Å². The van der Waals surface area contributed by atoms with Crippen molar-refractivity contribution >= 4 is 22.9 Å². The molecule has 1 amide bonds. The minimum Gasteiger partial charge on any atom is -0.382 e. The highest BCUT2D eigenvalue weighted by molar-refractivity contribution is 5.83. The minimum atomic E-state index is -0.858. The van der Waals surface area contributed by atoms with Gasteiger partial charge in [-0.05, 0) is 26.7 Å². The monoisotopic (exact) mass is 471 g/mol. The van der Waals surface area contributed by atoms with E-state index in [1.54, 1.807) is 10.9 Å². The second-order valence-electron chi connectivity index (χ2n) is 8.85. The summed E-state index contributed by atoms with van der Waals surface area (Å²) in [6.45, 7) is 9.65. The molecule has 0 aromatic carbocycles. The van der Waals surface area contributed by atoms with E-state index in [0.29, 0.717) is 43.3 Å². The Balaban J connectivity index is 1.44. The van der Waals surface area contributed by atoms with E-state index in [4.69, 9.17) is 24.7 Å². The number of nitrogen functional groups attached to an aromatic ring is 1. The molecule has 2 aromatic rings. The molecule has 3 aliphatic rings. The fraction of sp³-hybridized carbons (Fsp3) is 0.636. The first-order chi connectivity index (χ1) is 16.4. The number of hydrogen-bond acceptors (Lipinski definition) is 10. The molecule has 0 spiro atoms. The number of hydrogen-bond donors (Lipinski definition) is 2. The molecular weight excluding hydrogens is 442 g/mol. The smallest absolute Gasteiger partial charge is 0.252 e. The van der Waals surface area contributed by atoms with Gasteiger partial charge in [0.15, 0.2) is 29.6 Å². The van der Waals surface area contributed by atoms with Crippen LogP contribution in [0.3, 0.4) is 0 Å². The van der Waals surface area contributed by atoms with E-state index in [0.717, 1.165) is 13.1 Å². The van der Waals surface area contributed by atoms with Crippen molar-refractivity contribution in [1.29, 1.82) is 0 Å². The van der Waals surface area contributed by atoms with Crippen LogP contribution in [0.15, 0.2) is 6.33 Å². The molecule has 0 radical (unpaired) electrons. The van der Waals surface area contributed by atoms with Crippen molar-refractivity contribution in [2.45, 2.75) is 51.1 Å². The van der Waals surface area contributed by atoms with Gasteiger partial charge in [-0.25, -0.2) is 15.0 Å². The molecule has 34 heavy (non-hydrogen) atoms. The van der Waals surface area contributed by atoms with Crippen LogP contribution in [0.25, 0.3) is 11.2 Å². The van der Waals surface area contributed by atoms with Gasteiger partial charge in [0.25, 0.3) is 5.91 Å². The molecule has 12 nitrogen and oxygen atoms in total. The van der Waals surface area contributed by atoms with Crippen molar-refractivity contribution in [1.82, 2.24) is 29.7 Å². The number of nitrogens with one attached hydrogen (secondary N) is 1. The molecule has 0 bridgehead atoms. The zero-order chi connectivity index (χ0) is 23.9. The molecule has 3 fully saturated rings. The van der Waals surface area contributed by atoms with Gasteiger partial charge >= 0.3 is 0 Å². The van der Waals surface area contributed by atoms with Crippen molar-refractivity contribution in [3.63, 3.8) is 0 Å². The number of imidazole rings is 1. The summed E-state index contributed by atoms with van der Waals surface area (Å²) in [5, 5.41) is 2.80. The number of anilines is 1. The van der Waals surface area contributed by atoms with Gasteiger partial charge in [0.05, 0.1) is 26.1 Å². The Bertz CT molecular complexity index is 1130. The zero-order valence-corrected chi connectivity index (χ0v) is 19.5. The number of aromatic nitrogens is 4. The molecule has 0 unspecified atom stereocenters. The molecule has 2 aromatic heterocycles. The van der Waals surface area contributed by atoms with E-state index in [9.17, 15) is 4.79 Å². The summed E-state index contributed by atoms with van der Waals surface area (Å²) in [4.78, 5) is 28.1. The lowest BCUT2D eigenvalue weighted by atomic mass is 10.1. The molecule has 5 rings (SSSR count). The number of fused-ring (bicyclic) bond motifs is 2. The van der Waals surface area contributed by atoms with Crippen LogP contribution in [-0.4, -0.2) is 93.8 Å². The Labute approximate surface area is 197 Å². The van der Waals surface area contributed by atoms with Crippen molar-refractivity contribution in [2.24, 2.45) is 0 Å². The van der Waals surface area contributed by atoms with Crippen LogP contribution in [0.4, 0.5) is 5.82 Å². The summed E-state index contributed by atoms with van der Waals surface area (Å²) in [5.74, 6) is 5.51. The maximum absolute atomic E-state index is 12.7. The van der Waals surface area contributed by atoms with E-state index >= 15 is 0 Å². The molecule has 3 N–H and O–H groups in total. The van der Waals surface area contributed by atoms with Gasteiger partial charge in [0.2, 0.25) is 5.82 Å². The second-order valence-corrected chi connectivity index (χ2v) is 8.85. The lowest BCUT2D eigenvalue weighted by molar-refractivity contribution is -0.197. The van der Waals surface area contributed by atoms with Crippen molar-refractivity contribution in [2.75, 3.05) is 45.1 Å². The normalized spacial score (nSPS) is 28.4. The van der Waals surface area contributed by atoms with Crippen molar-refractivity contribution < 1.29 is 23.7 Å².